The fourth-order valence-electron chi connectivity index (χ4n) is 1.47. The van der Waals surface area contributed by atoms with Gasteiger partial charge in [0, 0.05) is 31.2 Å². The molecule has 0 aromatic heterocycles. The van der Waals surface area contributed by atoms with E-state index in [1.54, 1.807) is 0 Å². The average molecular weight is 354 g/mol. The van der Waals surface area contributed by atoms with Crippen LogP contribution in [0.2, 0.25) is 0 Å². The molecule has 0 aliphatic rings. The zero-order valence-corrected chi connectivity index (χ0v) is 13.6. The normalized spacial score (nSPS) is 10.6. The van der Waals surface area contributed by atoms with Gasteiger partial charge >= 0.3 is 35.5 Å². The second-order valence-corrected chi connectivity index (χ2v) is 4.36. The van der Waals surface area contributed by atoms with Crippen molar-refractivity contribution in [3.8, 4) is 0 Å². The van der Waals surface area contributed by atoms with E-state index in [9.17, 15) is 24.3 Å². The first-order chi connectivity index (χ1) is 11.6. The van der Waals surface area contributed by atoms with E-state index in [0.717, 1.165) is 6.92 Å². The van der Waals surface area contributed by atoms with Crippen LogP contribution >= 0.6 is 0 Å². The summed E-state index contributed by atoms with van der Waals surface area (Å²) in [5.74, 6) is -10.00. The molecule has 0 fully saturated rings. The molecule has 0 aromatic carbocycles. The number of ether oxygens (including phenoxy) is 4. The number of carbonyl (C=O) groups excluding carboxylic acids is 4. The standard InChI is InChI=1S/C16H18O9/c1-6-11(18)22-15(5,23-12(19)7-2)16(10-17,24-13(20)8-3)25-14(21)9-4/h6-9,17H,1-4,10H2,5H3. The highest BCUT2D eigenvalue weighted by molar-refractivity contribution is 5.85. The van der Waals surface area contributed by atoms with Gasteiger partial charge in [0.25, 0.3) is 0 Å². The first-order valence-corrected chi connectivity index (χ1v) is 6.66. The van der Waals surface area contributed by atoms with E-state index in [0.29, 0.717) is 24.3 Å². The van der Waals surface area contributed by atoms with Crippen molar-refractivity contribution in [1.29, 1.82) is 0 Å². The van der Waals surface area contributed by atoms with Gasteiger partial charge in [0.05, 0.1) is 0 Å². The number of rotatable bonds is 10. The predicted molar refractivity (Wildman–Crippen MR) is 83.4 cm³/mol. The minimum Gasteiger partial charge on any atom is -0.411 e. The van der Waals surface area contributed by atoms with Crippen LogP contribution in [0, 0.1) is 0 Å². The van der Waals surface area contributed by atoms with E-state index < -0.39 is 42.1 Å². The van der Waals surface area contributed by atoms with Gasteiger partial charge < -0.3 is 24.1 Å². The van der Waals surface area contributed by atoms with Crippen molar-refractivity contribution < 1.29 is 43.2 Å². The number of aliphatic hydroxyl groups is 1. The van der Waals surface area contributed by atoms with Crippen LogP contribution in [0.15, 0.2) is 50.6 Å². The third kappa shape index (κ3) is 5.43. The monoisotopic (exact) mass is 354 g/mol. The van der Waals surface area contributed by atoms with Gasteiger partial charge in [0.2, 0.25) is 0 Å². The van der Waals surface area contributed by atoms with E-state index in [1.807, 2.05) is 0 Å². The largest absolute Gasteiger partial charge is 0.411 e. The summed E-state index contributed by atoms with van der Waals surface area (Å²) < 4.78 is 19.4. The fraction of sp³-hybridized carbons (Fsp3) is 0.250. The Morgan fingerprint density at radius 1 is 0.760 bits per heavy atom. The summed E-state index contributed by atoms with van der Waals surface area (Å²) in [5.41, 5.74) is 0. The van der Waals surface area contributed by atoms with Crippen molar-refractivity contribution in [1.82, 2.24) is 0 Å². The Kier molecular flexibility index (Phi) is 8.01. The van der Waals surface area contributed by atoms with Gasteiger partial charge in [-0.1, -0.05) is 26.3 Å². The molecule has 0 bridgehead atoms. The molecule has 0 amide bonds. The topological polar surface area (TPSA) is 125 Å². The first kappa shape index (κ1) is 21.8. The second kappa shape index (κ2) is 9.18. The molecule has 136 valence electrons. The van der Waals surface area contributed by atoms with Crippen LogP contribution in [0.5, 0.6) is 0 Å². The van der Waals surface area contributed by atoms with Crippen molar-refractivity contribution >= 4 is 23.9 Å². The first-order valence-electron chi connectivity index (χ1n) is 6.66. The predicted octanol–water partition coefficient (Wildman–Crippen LogP) is 0.308. The summed E-state index contributed by atoms with van der Waals surface area (Å²) >= 11 is 0. The Labute approximate surface area is 143 Å². The van der Waals surface area contributed by atoms with Gasteiger partial charge in [-0.3, -0.25) is 0 Å². The van der Waals surface area contributed by atoms with E-state index in [4.69, 9.17) is 18.9 Å². The van der Waals surface area contributed by atoms with E-state index in [-0.39, 0.29) is 0 Å². The van der Waals surface area contributed by atoms with Gasteiger partial charge in [-0.25, -0.2) is 19.2 Å². The van der Waals surface area contributed by atoms with Crippen molar-refractivity contribution in [3.63, 3.8) is 0 Å². The molecule has 9 nitrogen and oxygen atoms in total. The maximum Gasteiger partial charge on any atom is 0.358 e. The van der Waals surface area contributed by atoms with Crippen LogP contribution in [-0.4, -0.2) is 47.2 Å². The summed E-state index contributed by atoms with van der Waals surface area (Å²) in [6.07, 6.45) is 2.76. The Morgan fingerprint density at radius 2 is 1.04 bits per heavy atom. The second-order valence-electron chi connectivity index (χ2n) is 4.36. The number of aliphatic hydroxyl groups excluding tert-OH is 1. The molecule has 0 heterocycles. The molecule has 0 aliphatic heterocycles. The highest BCUT2D eigenvalue weighted by Gasteiger charge is 2.61. The summed E-state index contributed by atoms with van der Waals surface area (Å²) in [4.78, 5) is 46.5. The Hall–Kier alpha value is -3.20. The van der Waals surface area contributed by atoms with Gasteiger partial charge in [0.1, 0.15) is 6.61 Å². The van der Waals surface area contributed by atoms with E-state index in [1.165, 1.54) is 0 Å². The zero-order chi connectivity index (χ0) is 19.7. The molecule has 0 radical (unpaired) electrons. The average Bonchev–Trinajstić information content (AvgIpc) is 2.59. The molecule has 0 spiro atoms. The Morgan fingerprint density at radius 3 is 1.28 bits per heavy atom. The molecule has 0 saturated carbocycles. The molecule has 0 saturated heterocycles. The lowest BCUT2D eigenvalue weighted by atomic mass is 10.1. The Balaban J connectivity index is 6.32. The number of hydrogen-bond acceptors (Lipinski definition) is 9. The minimum absolute atomic E-state index is 0.678. The van der Waals surface area contributed by atoms with Gasteiger partial charge in [0.15, 0.2) is 0 Å². The van der Waals surface area contributed by atoms with Crippen molar-refractivity contribution in [2.45, 2.75) is 18.5 Å². The molecule has 25 heavy (non-hydrogen) atoms. The maximum atomic E-state index is 11.6. The highest BCUT2D eigenvalue weighted by Crippen LogP contribution is 2.34. The van der Waals surface area contributed by atoms with Crippen LogP contribution in [0.4, 0.5) is 0 Å². The molecule has 0 unspecified atom stereocenters. The lowest BCUT2D eigenvalue weighted by Gasteiger charge is -2.42. The third-order valence-corrected chi connectivity index (χ3v) is 2.69. The summed E-state index contributed by atoms with van der Waals surface area (Å²) in [6.45, 7) is 12.3. The molecule has 0 atom stereocenters. The van der Waals surface area contributed by atoms with Crippen molar-refractivity contribution in [2.75, 3.05) is 6.61 Å². The van der Waals surface area contributed by atoms with E-state index >= 15 is 0 Å². The summed E-state index contributed by atoms with van der Waals surface area (Å²) in [5, 5.41) is 9.71. The highest BCUT2D eigenvalue weighted by atomic mass is 16.8. The fourth-order valence-corrected chi connectivity index (χ4v) is 1.47. The van der Waals surface area contributed by atoms with Crippen LogP contribution < -0.4 is 0 Å². The quantitative estimate of drug-likeness (QED) is 0.335. The van der Waals surface area contributed by atoms with Crippen molar-refractivity contribution in [3.05, 3.63) is 50.6 Å². The molecule has 1 N–H and O–H groups in total. The molecular formula is C16H18O9. The number of esters is 4. The molecule has 0 aromatic rings. The molecular weight excluding hydrogens is 336 g/mol. The summed E-state index contributed by atoms with van der Waals surface area (Å²) in [6, 6.07) is 0. The number of carbonyl (C=O) groups is 4. The smallest absolute Gasteiger partial charge is 0.358 e. The van der Waals surface area contributed by atoms with Gasteiger partial charge in [-0.05, 0) is 0 Å². The summed E-state index contributed by atoms with van der Waals surface area (Å²) in [7, 11) is 0. The number of hydrogen-bond donors (Lipinski definition) is 1. The van der Waals surface area contributed by atoms with Crippen LogP contribution in [0.1, 0.15) is 6.92 Å². The SMILES string of the molecule is C=CC(=O)OC(C)(OC(=O)C=C)C(CO)(OC(=O)C=C)OC(=O)C=C. The maximum absolute atomic E-state index is 11.6. The third-order valence-electron chi connectivity index (χ3n) is 2.69. The molecule has 0 aliphatic carbocycles. The zero-order valence-electron chi connectivity index (χ0n) is 13.6. The molecule has 0 rings (SSSR count). The lowest BCUT2D eigenvalue weighted by Crippen LogP contribution is -2.63. The lowest BCUT2D eigenvalue weighted by molar-refractivity contribution is -0.361. The minimum atomic E-state index is -2.76. The molecule has 9 heteroatoms. The van der Waals surface area contributed by atoms with Crippen LogP contribution in [0.3, 0.4) is 0 Å². The van der Waals surface area contributed by atoms with Gasteiger partial charge in [-0.2, -0.15) is 0 Å². The van der Waals surface area contributed by atoms with Crippen LogP contribution in [0.25, 0.3) is 0 Å². The van der Waals surface area contributed by atoms with Crippen molar-refractivity contribution in [2.24, 2.45) is 0 Å². The van der Waals surface area contributed by atoms with Gasteiger partial charge in [-0.15, -0.1) is 0 Å². The Bertz CT molecular complexity index is 559. The van der Waals surface area contributed by atoms with E-state index in [2.05, 4.69) is 26.3 Å². The van der Waals surface area contributed by atoms with Crippen LogP contribution in [-0.2, 0) is 38.1 Å².